The van der Waals surface area contributed by atoms with Crippen LogP contribution in [0.25, 0.3) is 0 Å². The van der Waals surface area contributed by atoms with Gasteiger partial charge in [0.2, 0.25) is 0 Å². The standard InChI is InChI=1S/C12H16ClN3/c1-2-15-7-11-5-10(15)8-16(11)9-3-4-12(13)14-6-9/h3-4,6,10-11H,2,5,7-8H2,1H3/t10-,11-/m0/s1. The number of halogens is 1. The van der Waals surface area contributed by atoms with Crippen LogP contribution in [0.5, 0.6) is 0 Å². The minimum absolute atomic E-state index is 0.572. The number of piperazine rings is 1. The molecule has 1 aromatic rings. The summed E-state index contributed by atoms with van der Waals surface area (Å²) in [5.41, 5.74) is 1.22. The molecule has 2 atom stereocenters. The van der Waals surface area contributed by atoms with Crippen molar-refractivity contribution in [2.75, 3.05) is 24.5 Å². The fourth-order valence-electron chi connectivity index (χ4n) is 2.99. The smallest absolute Gasteiger partial charge is 0.129 e. The Morgan fingerprint density at radius 2 is 2.25 bits per heavy atom. The van der Waals surface area contributed by atoms with E-state index in [1.807, 2.05) is 12.3 Å². The first-order valence-corrected chi connectivity index (χ1v) is 6.28. The lowest BCUT2D eigenvalue weighted by molar-refractivity contribution is 0.251. The van der Waals surface area contributed by atoms with Crippen molar-refractivity contribution in [1.82, 2.24) is 9.88 Å². The Morgan fingerprint density at radius 3 is 2.81 bits per heavy atom. The molecule has 0 unspecified atom stereocenters. The normalized spacial score (nSPS) is 29.0. The van der Waals surface area contributed by atoms with Crippen molar-refractivity contribution >= 4 is 17.3 Å². The van der Waals surface area contributed by atoms with E-state index >= 15 is 0 Å². The molecule has 2 aliphatic rings. The number of hydrogen-bond acceptors (Lipinski definition) is 3. The van der Waals surface area contributed by atoms with Crippen LogP contribution >= 0.6 is 11.6 Å². The first kappa shape index (κ1) is 10.4. The molecule has 0 saturated carbocycles. The van der Waals surface area contributed by atoms with Gasteiger partial charge in [-0.25, -0.2) is 4.98 Å². The molecule has 0 aromatic carbocycles. The van der Waals surface area contributed by atoms with Gasteiger partial charge in [-0.2, -0.15) is 0 Å². The second-order valence-electron chi connectivity index (χ2n) is 4.62. The summed E-state index contributed by atoms with van der Waals surface area (Å²) >= 11 is 5.81. The molecule has 2 aliphatic heterocycles. The summed E-state index contributed by atoms with van der Waals surface area (Å²) in [4.78, 5) is 9.20. The molecular weight excluding hydrogens is 222 g/mol. The van der Waals surface area contributed by atoms with Gasteiger partial charge in [-0.05, 0) is 25.1 Å². The Labute approximate surface area is 101 Å². The largest absolute Gasteiger partial charge is 0.364 e. The van der Waals surface area contributed by atoms with Crippen LogP contribution in [0.4, 0.5) is 5.69 Å². The van der Waals surface area contributed by atoms with E-state index in [2.05, 4.69) is 27.8 Å². The highest BCUT2D eigenvalue weighted by Gasteiger charge is 2.42. The predicted octanol–water partition coefficient (Wildman–Crippen LogP) is 2.02. The Balaban J connectivity index is 1.77. The van der Waals surface area contributed by atoms with E-state index in [4.69, 9.17) is 11.6 Å². The fourth-order valence-corrected chi connectivity index (χ4v) is 3.10. The molecule has 86 valence electrons. The average molecular weight is 238 g/mol. The van der Waals surface area contributed by atoms with E-state index < -0.39 is 0 Å². The van der Waals surface area contributed by atoms with E-state index in [0.29, 0.717) is 11.2 Å². The zero-order valence-electron chi connectivity index (χ0n) is 9.43. The van der Waals surface area contributed by atoms with Crippen LogP contribution < -0.4 is 4.90 Å². The lowest BCUT2D eigenvalue weighted by Gasteiger charge is -2.34. The van der Waals surface area contributed by atoms with Gasteiger partial charge in [0.15, 0.2) is 0 Å². The summed E-state index contributed by atoms with van der Waals surface area (Å²) in [7, 11) is 0. The lowest BCUT2D eigenvalue weighted by atomic mass is 10.2. The van der Waals surface area contributed by atoms with Gasteiger partial charge >= 0.3 is 0 Å². The number of likely N-dealkylation sites (N-methyl/N-ethyl adjacent to an activating group) is 1. The third-order valence-electron chi connectivity index (χ3n) is 3.80. The number of pyridine rings is 1. The van der Waals surface area contributed by atoms with E-state index in [0.717, 1.165) is 12.6 Å². The van der Waals surface area contributed by atoms with E-state index in [1.54, 1.807) is 0 Å². The van der Waals surface area contributed by atoms with Crippen molar-refractivity contribution in [3.63, 3.8) is 0 Å². The van der Waals surface area contributed by atoms with Crippen LogP contribution in [-0.2, 0) is 0 Å². The molecule has 2 saturated heterocycles. The number of hydrogen-bond donors (Lipinski definition) is 0. The van der Waals surface area contributed by atoms with Crippen molar-refractivity contribution in [3.8, 4) is 0 Å². The molecule has 3 nitrogen and oxygen atoms in total. The Kier molecular flexibility index (Phi) is 2.52. The van der Waals surface area contributed by atoms with Crippen molar-refractivity contribution in [1.29, 1.82) is 0 Å². The Hall–Kier alpha value is -0.800. The van der Waals surface area contributed by atoms with Gasteiger partial charge in [0.1, 0.15) is 5.15 Å². The molecule has 16 heavy (non-hydrogen) atoms. The van der Waals surface area contributed by atoms with Crippen LogP contribution in [0.3, 0.4) is 0 Å². The molecule has 3 rings (SSSR count). The summed E-state index contributed by atoms with van der Waals surface area (Å²) in [6, 6.07) is 5.37. The van der Waals surface area contributed by atoms with Crippen molar-refractivity contribution in [3.05, 3.63) is 23.5 Å². The van der Waals surface area contributed by atoms with Crippen LogP contribution in [0.2, 0.25) is 5.15 Å². The third kappa shape index (κ3) is 1.59. The first-order chi connectivity index (χ1) is 7.78. The molecule has 0 radical (unpaired) electrons. The topological polar surface area (TPSA) is 19.4 Å². The Bertz CT molecular complexity index is 378. The van der Waals surface area contributed by atoms with E-state index in [9.17, 15) is 0 Å². The summed E-state index contributed by atoms with van der Waals surface area (Å²) in [5.74, 6) is 0. The molecule has 2 bridgehead atoms. The van der Waals surface area contributed by atoms with Gasteiger partial charge in [0, 0.05) is 25.2 Å². The summed E-state index contributed by atoms with van der Waals surface area (Å²) in [5, 5.41) is 0.572. The molecule has 0 N–H and O–H groups in total. The first-order valence-electron chi connectivity index (χ1n) is 5.90. The molecule has 0 spiro atoms. The molecule has 1 aromatic heterocycles. The number of rotatable bonds is 2. The summed E-state index contributed by atoms with van der Waals surface area (Å²) < 4.78 is 0. The zero-order chi connectivity index (χ0) is 11.1. The van der Waals surface area contributed by atoms with Gasteiger partial charge < -0.3 is 4.90 Å². The highest BCUT2D eigenvalue weighted by atomic mass is 35.5. The maximum absolute atomic E-state index is 5.81. The number of fused-ring (bicyclic) bond motifs is 2. The molecule has 0 aliphatic carbocycles. The molecular formula is C12H16ClN3. The summed E-state index contributed by atoms with van der Waals surface area (Å²) in [6.45, 7) is 5.76. The van der Waals surface area contributed by atoms with Crippen LogP contribution in [0, 0.1) is 0 Å². The highest BCUT2D eigenvalue weighted by Crippen LogP contribution is 2.34. The SMILES string of the molecule is CCN1C[C@@H]2C[C@H]1CN2c1ccc(Cl)nc1. The monoisotopic (exact) mass is 237 g/mol. The second kappa shape index (κ2) is 3.90. The highest BCUT2D eigenvalue weighted by molar-refractivity contribution is 6.29. The lowest BCUT2D eigenvalue weighted by Crippen LogP contribution is -2.46. The van der Waals surface area contributed by atoms with Gasteiger partial charge in [0.25, 0.3) is 0 Å². The predicted molar refractivity (Wildman–Crippen MR) is 66.0 cm³/mol. The van der Waals surface area contributed by atoms with Gasteiger partial charge in [-0.1, -0.05) is 18.5 Å². The number of nitrogens with zero attached hydrogens (tertiary/aromatic N) is 3. The molecule has 3 heterocycles. The van der Waals surface area contributed by atoms with Crippen LogP contribution in [-0.4, -0.2) is 41.6 Å². The van der Waals surface area contributed by atoms with Crippen molar-refractivity contribution < 1.29 is 0 Å². The fraction of sp³-hybridized carbons (Fsp3) is 0.583. The minimum atomic E-state index is 0.572. The molecule has 0 amide bonds. The average Bonchev–Trinajstić information content (AvgIpc) is 2.88. The van der Waals surface area contributed by atoms with Gasteiger partial charge in [-0.3, -0.25) is 4.90 Å². The van der Waals surface area contributed by atoms with Crippen LogP contribution in [0.15, 0.2) is 18.3 Å². The number of likely N-dealkylation sites (tertiary alicyclic amines) is 1. The van der Waals surface area contributed by atoms with Crippen molar-refractivity contribution in [2.24, 2.45) is 0 Å². The molecule has 4 heteroatoms. The van der Waals surface area contributed by atoms with Crippen LogP contribution in [0.1, 0.15) is 13.3 Å². The maximum Gasteiger partial charge on any atom is 0.129 e. The quantitative estimate of drug-likeness (QED) is 0.734. The van der Waals surface area contributed by atoms with Gasteiger partial charge in [-0.15, -0.1) is 0 Å². The third-order valence-corrected chi connectivity index (χ3v) is 4.03. The number of anilines is 1. The van der Waals surface area contributed by atoms with Gasteiger partial charge in [0.05, 0.1) is 11.9 Å². The van der Waals surface area contributed by atoms with Crippen molar-refractivity contribution in [2.45, 2.75) is 25.4 Å². The summed E-state index contributed by atoms with van der Waals surface area (Å²) in [6.07, 6.45) is 3.19. The Morgan fingerprint density at radius 1 is 1.38 bits per heavy atom. The van der Waals surface area contributed by atoms with E-state index in [-0.39, 0.29) is 0 Å². The minimum Gasteiger partial charge on any atom is -0.364 e. The molecule has 2 fully saturated rings. The van der Waals surface area contributed by atoms with E-state index in [1.165, 1.54) is 25.2 Å². The zero-order valence-corrected chi connectivity index (χ0v) is 10.2. The number of aromatic nitrogens is 1. The second-order valence-corrected chi connectivity index (χ2v) is 5.01. The maximum atomic E-state index is 5.81.